The van der Waals surface area contributed by atoms with Crippen molar-refractivity contribution in [3.05, 3.63) is 23.8 Å². The van der Waals surface area contributed by atoms with Crippen molar-refractivity contribution in [2.45, 2.75) is 25.7 Å². The molecule has 0 atom stereocenters. The molecule has 18 heavy (non-hydrogen) atoms. The van der Waals surface area contributed by atoms with E-state index in [4.69, 9.17) is 10.8 Å². The zero-order valence-corrected chi connectivity index (χ0v) is 9.98. The Morgan fingerprint density at radius 1 is 1.28 bits per heavy atom. The predicted molar refractivity (Wildman–Crippen MR) is 68.4 cm³/mol. The van der Waals surface area contributed by atoms with Crippen molar-refractivity contribution in [3.63, 3.8) is 0 Å². The first-order chi connectivity index (χ1) is 8.58. The molecule has 0 spiro atoms. The lowest BCUT2D eigenvalue weighted by atomic mass is 10.1. The third-order valence-electron chi connectivity index (χ3n) is 3.26. The number of nitrogens with one attached hydrogen (secondary N) is 1. The molecule has 1 saturated carbocycles. The van der Waals surface area contributed by atoms with Crippen molar-refractivity contribution in [3.8, 4) is 0 Å². The molecule has 0 heterocycles. The van der Waals surface area contributed by atoms with Crippen molar-refractivity contribution >= 4 is 23.3 Å². The minimum Gasteiger partial charge on any atom is -0.478 e. The molecule has 1 aliphatic carbocycles. The molecule has 0 saturated heterocycles. The first-order valence-electron chi connectivity index (χ1n) is 6.01. The van der Waals surface area contributed by atoms with Gasteiger partial charge in [-0.3, -0.25) is 4.79 Å². The molecule has 0 aliphatic heterocycles. The van der Waals surface area contributed by atoms with Crippen LogP contribution in [0.3, 0.4) is 0 Å². The lowest BCUT2D eigenvalue weighted by Gasteiger charge is -2.12. The van der Waals surface area contributed by atoms with Gasteiger partial charge < -0.3 is 16.2 Å². The number of amides is 1. The molecule has 2 rings (SSSR count). The summed E-state index contributed by atoms with van der Waals surface area (Å²) < 4.78 is 0. The van der Waals surface area contributed by atoms with Gasteiger partial charge in [0, 0.05) is 11.6 Å². The summed E-state index contributed by atoms with van der Waals surface area (Å²) in [4.78, 5) is 23.0. The van der Waals surface area contributed by atoms with Gasteiger partial charge in [0.2, 0.25) is 5.91 Å². The number of anilines is 2. The molecule has 1 amide bonds. The minimum atomic E-state index is -1.09. The number of benzene rings is 1. The lowest BCUT2D eigenvalue weighted by molar-refractivity contribution is -0.119. The Balaban J connectivity index is 2.17. The number of nitrogen functional groups attached to an aromatic ring is 1. The Morgan fingerprint density at radius 2 is 1.94 bits per heavy atom. The van der Waals surface area contributed by atoms with E-state index in [-0.39, 0.29) is 17.4 Å². The number of carbonyl (C=O) groups is 2. The number of rotatable bonds is 3. The number of nitrogens with two attached hydrogens (primary N) is 1. The van der Waals surface area contributed by atoms with Crippen LogP contribution < -0.4 is 11.1 Å². The average Bonchev–Trinajstić information content (AvgIpc) is 2.84. The topological polar surface area (TPSA) is 92.4 Å². The molecule has 0 radical (unpaired) electrons. The number of aromatic carboxylic acids is 1. The average molecular weight is 248 g/mol. The summed E-state index contributed by atoms with van der Waals surface area (Å²) in [6.45, 7) is 0. The maximum Gasteiger partial charge on any atom is 0.337 e. The van der Waals surface area contributed by atoms with Gasteiger partial charge in [0.25, 0.3) is 0 Å². The van der Waals surface area contributed by atoms with Crippen LogP contribution in [0.2, 0.25) is 0 Å². The van der Waals surface area contributed by atoms with E-state index in [1.165, 1.54) is 12.1 Å². The fraction of sp³-hybridized carbons (Fsp3) is 0.385. The SMILES string of the molecule is Nc1ccc(NC(=O)C2CCCC2)c(C(=O)O)c1. The van der Waals surface area contributed by atoms with E-state index in [9.17, 15) is 9.59 Å². The van der Waals surface area contributed by atoms with Gasteiger partial charge in [-0.15, -0.1) is 0 Å². The van der Waals surface area contributed by atoms with E-state index < -0.39 is 5.97 Å². The molecule has 0 unspecified atom stereocenters. The summed E-state index contributed by atoms with van der Waals surface area (Å²) in [5.41, 5.74) is 6.25. The maximum atomic E-state index is 11.9. The fourth-order valence-electron chi connectivity index (χ4n) is 2.27. The molecule has 1 aliphatic rings. The molecule has 4 N–H and O–H groups in total. The molecule has 96 valence electrons. The number of hydrogen-bond acceptors (Lipinski definition) is 3. The van der Waals surface area contributed by atoms with Crippen molar-refractivity contribution < 1.29 is 14.7 Å². The third kappa shape index (κ3) is 2.61. The van der Waals surface area contributed by atoms with Crippen LogP contribution >= 0.6 is 0 Å². The van der Waals surface area contributed by atoms with Gasteiger partial charge in [0.15, 0.2) is 0 Å². The summed E-state index contributed by atoms with van der Waals surface area (Å²) in [7, 11) is 0. The Hall–Kier alpha value is -2.04. The Morgan fingerprint density at radius 3 is 2.56 bits per heavy atom. The van der Waals surface area contributed by atoms with Gasteiger partial charge in [-0.05, 0) is 31.0 Å². The molecular formula is C13H16N2O3. The van der Waals surface area contributed by atoms with Crippen LogP contribution in [0.1, 0.15) is 36.0 Å². The van der Waals surface area contributed by atoms with E-state index in [0.717, 1.165) is 25.7 Å². The zero-order chi connectivity index (χ0) is 13.1. The Bertz CT molecular complexity index is 479. The van der Waals surface area contributed by atoms with Crippen LogP contribution in [0, 0.1) is 5.92 Å². The number of carboxylic acids is 1. The summed E-state index contributed by atoms with van der Waals surface area (Å²) in [5.74, 6) is -1.19. The lowest BCUT2D eigenvalue weighted by Crippen LogP contribution is -2.21. The van der Waals surface area contributed by atoms with E-state index >= 15 is 0 Å². The van der Waals surface area contributed by atoms with Gasteiger partial charge in [-0.2, -0.15) is 0 Å². The quantitative estimate of drug-likeness (QED) is 0.714. The van der Waals surface area contributed by atoms with E-state index in [1.54, 1.807) is 6.07 Å². The fourth-order valence-corrected chi connectivity index (χ4v) is 2.27. The zero-order valence-electron chi connectivity index (χ0n) is 9.98. The molecule has 1 fully saturated rings. The van der Waals surface area contributed by atoms with E-state index in [0.29, 0.717) is 11.4 Å². The second kappa shape index (κ2) is 5.08. The van der Waals surface area contributed by atoms with Crippen molar-refractivity contribution in [2.24, 2.45) is 5.92 Å². The van der Waals surface area contributed by atoms with Crippen molar-refractivity contribution in [2.75, 3.05) is 11.1 Å². The monoisotopic (exact) mass is 248 g/mol. The summed E-state index contributed by atoms with van der Waals surface area (Å²) in [6, 6.07) is 4.47. The highest BCUT2D eigenvalue weighted by Crippen LogP contribution is 2.27. The van der Waals surface area contributed by atoms with Gasteiger partial charge >= 0.3 is 5.97 Å². The number of carboxylic acid groups (broad SMARTS) is 1. The highest BCUT2D eigenvalue weighted by molar-refractivity contribution is 6.01. The van der Waals surface area contributed by atoms with Crippen molar-refractivity contribution in [1.29, 1.82) is 0 Å². The van der Waals surface area contributed by atoms with Gasteiger partial charge in [-0.25, -0.2) is 4.79 Å². The summed E-state index contributed by atoms with van der Waals surface area (Å²) >= 11 is 0. The summed E-state index contributed by atoms with van der Waals surface area (Å²) in [5, 5.41) is 11.7. The van der Waals surface area contributed by atoms with Gasteiger partial charge in [-0.1, -0.05) is 12.8 Å². The smallest absolute Gasteiger partial charge is 0.337 e. The van der Waals surface area contributed by atoms with Crippen LogP contribution in [0.25, 0.3) is 0 Å². The Kier molecular flexibility index (Phi) is 3.50. The van der Waals surface area contributed by atoms with Crippen LogP contribution in [0.5, 0.6) is 0 Å². The largest absolute Gasteiger partial charge is 0.478 e. The maximum absolute atomic E-state index is 11.9. The van der Waals surface area contributed by atoms with E-state index in [1.807, 2.05) is 0 Å². The summed E-state index contributed by atoms with van der Waals surface area (Å²) in [6.07, 6.45) is 3.88. The number of carbonyl (C=O) groups excluding carboxylic acids is 1. The molecule has 0 aromatic heterocycles. The van der Waals surface area contributed by atoms with Crippen LogP contribution in [0.4, 0.5) is 11.4 Å². The minimum absolute atomic E-state index is 0.00389. The molecule has 1 aromatic carbocycles. The van der Waals surface area contributed by atoms with Crippen LogP contribution in [-0.2, 0) is 4.79 Å². The highest BCUT2D eigenvalue weighted by atomic mass is 16.4. The van der Waals surface area contributed by atoms with Gasteiger partial charge in [0.05, 0.1) is 11.3 Å². The second-order valence-corrected chi connectivity index (χ2v) is 4.58. The molecule has 5 nitrogen and oxygen atoms in total. The first-order valence-corrected chi connectivity index (χ1v) is 6.01. The first kappa shape index (κ1) is 12.4. The third-order valence-corrected chi connectivity index (χ3v) is 3.26. The van der Waals surface area contributed by atoms with E-state index in [2.05, 4.69) is 5.32 Å². The predicted octanol–water partition coefficient (Wildman–Crippen LogP) is 2.10. The molecule has 0 bridgehead atoms. The Labute approximate surface area is 105 Å². The van der Waals surface area contributed by atoms with Crippen LogP contribution in [-0.4, -0.2) is 17.0 Å². The molecule has 1 aromatic rings. The van der Waals surface area contributed by atoms with Gasteiger partial charge in [0.1, 0.15) is 0 Å². The van der Waals surface area contributed by atoms with Crippen molar-refractivity contribution in [1.82, 2.24) is 0 Å². The highest BCUT2D eigenvalue weighted by Gasteiger charge is 2.23. The van der Waals surface area contributed by atoms with Crippen LogP contribution in [0.15, 0.2) is 18.2 Å². The molecule has 5 heteroatoms. The molecular weight excluding hydrogens is 232 g/mol. The number of hydrogen-bond donors (Lipinski definition) is 3. The standard InChI is InChI=1S/C13H16N2O3/c14-9-5-6-11(10(7-9)13(17)18)15-12(16)8-3-1-2-4-8/h5-8H,1-4,14H2,(H,15,16)(H,17,18). The second-order valence-electron chi connectivity index (χ2n) is 4.58. The normalized spacial score (nSPS) is 15.6.